The molecule has 0 radical (unpaired) electrons. The van der Waals surface area contributed by atoms with Gasteiger partial charge in [0.15, 0.2) is 5.96 Å². The Morgan fingerprint density at radius 2 is 1.69 bits per heavy atom. The van der Waals surface area contributed by atoms with Crippen molar-refractivity contribution in [1.82, 2.24) is 0 Å². The van der Waals surface area contributed by atoms with Crippen molar-refractivity contribution in [2.24, 2.45) is 10.7 Å². The number of methoxy groups -OCH3 is 1. The summed E-state index contributed by atoms with van der Waals surface area (Å²) in [5.41, 5.74) is 5.90. The van der Waals surface area contributed by atoms with E-state index < -0.39 is 17.2 Å². The van der Waals surface area contributed by atoms with Gasteiger partial charge in [-0.2, -0.15) is 13.2 Å². The van der Waals surface area contributed by atoms with E-state index in [1.165, 1.54) is 6.07 Å². The molecule has 0 spiro atoms. The molecule has 0 amide bonds. The summed E-state index contributed by atoms with van der Waals surface area (Å²) in [5, 5.41) is 2.95. The van der Waals surface area contributed by atoms with Gasteiger partial charge >= 0.3 is 6.18 Å². The highest BCUT2D eigenvalue weighted by Gasteiger charge is 2.32. The molecule has 0 aliphatic heterocycles. The second-order valence-corrected chi connectivity index (χ2v) is 6.52. The fourth-order valence-corrected chi connectivity index (χ4v) is 2.35. The molecule has 4 nitrogen and oxygen atoms in total. The van der Waals surface area contributed by atoms with Crippen molar-refractivity contribution in [2.75, 3.05) is 19.0 Å². The number of aliphatic imine (C=N–C) groups is 1. The van der Waals surface area contributed by atoms with E-state index in [0.29, 0.717) is 5.56 Å². The van der Waals surface area contributed by atoms with Gasteiger partial charge in [0.05, 0.1) is 19.2 Å². The summed E-state index contributed by atoms with van der Waals surface area (Å²) in [6, 6.07) is 12.4. The Balaban J connectivity index is 2.09. The van der Waals surface area contributed by atoms with E-state index in [1.54, 1.807) is 37.4 Å². The standard InChI is InChI=1S/C19H22F3N3O/c1-18(2,13-5-4-6-14(11-13)19(20,21)22)12-24-17(23)25-15-7-9-16(26-3)10-8-15/h4-11H,12H2,1-3H3,(H3,23,24,25). The van der Waals surface area contributed by atoms with Crippen LogP contribution in [0.15, 0.2) is 53.5 Å². The first-order chi connectivity index (χ1) is 12.1. The van der Waals surface area contributed by atoms with Gasteiger partial charge in [-0.15, -0.1) is 0 Å². The number of nitrogens with zero attached hydrogens (tertiary/aromatic N) is 1. The molecule has 2 aromatic rings. The quantitative estimate of drug-likeness (QED) is 0.609. The van der Waals surface area contributed by atoms with E-state index in [9.17, 15) is 13.2 Å². The average Bonchev–Trinajstić information content (AvgIpc) is 2.60. The maximum absolute atomic E-state index is 12.9. The molecule has 0 heterocycles. The Bertz CT molecular complexity index is 768. The summed E-state index contributed by atoms with van der Waals surface area (Å²) in [6.45, 7) is 3.89. The molecule has 2 rings (SSSR count). The van der Waals surface area contributed by atoms with Crippen LogP contribution in [-0.2, 0) is 11.6 Å². The number of nitrogens with one attached hydrogen (secondary N) is 1. The van der Waals surface area contributed by atoms with Gasteiger partial charge in [-0.05, 0) is 35.9 Å². The zero-order chi connectivity index (χ0) is 19.4. The number of halogens is 3. The predicted octanol–water partition coefficient (Wildman–Crippen LogP) is 4.42. The zero-order valence-electron chi connectivity index (χ0n) is 14.9. The monoisotopic (exact) mass is 365 g/mol. The Morgan fingerprint density at radius 1 is 1.08 bits per heavy atom. The van der Waals surface area contributed by atoms with Crippen molar-refractivity contribution in [3.8, 4) is 5.75 Å². The fourth-order valence-electron chi connectivity index (χ4n) is 2.35. The number of guanidine groups is 1. The predicted molar refractivity (Wildman–Crippen MR) is 97.6 cm³/mol. The van der Waals surface area contributed by atoms with Crippen LogP contribution in [0.3, 0.4) is 0 Å². The number of hydrogen-bond donors (Lipinski definition) is 2. The fraction of sp³-hybridized carbons (Fsp3) is 0.316. The lowest BCUT2D eigenvalue weighted by atomic mass is 9.84. The third kappa shape index (κ3) is 5.15. The van der Waals surface area contributed by atoms with E-state index >= 15 is 0 Å². The van der Waals surface area contributed by atoms with Gasteiger partial charge in [0.25, 0.3) is 0 Å². The summed E-state index contributed by atoms with van der Waals surface area (Å²) in [6.07, 6.45) is -4.37. The molecular formula is C19H22F3N3O. The molecule has 0 aliphatic carbocycles. The molecule has 2 aromatic carbocycles. The normalized spacial score (nSPS) is 12.8. The van der Waals surface area contributed by atoms with Crippen molar-refractivity contribution in [1.29, 1.82) is 0 Å². The van der Waals surface area contributed by atoms with Crippen LogP contribution in [0.4, 0.5) is 18.9 Å². The van der Waals surface area contributed by atoms with Crippen molar-refractivity contribution in [2.45, 2.75) is 25.4 Å². The van der Waals surface area contributed by atoms with E-state index in [1.807, 2.05) is 13.8 Å². The number of anilines is 1. The second-order valence-electron chi connectivity index (χ2n) is 6.52. The molecule has 7 heteroatoms. The largest absolute Gasteiger partial charge is 0.497 e. The minimum atomic E-state index is -4.37. The number of alkyl halides is 3. The minimum Gasteiger partial charge on any atom is -0.497 e. The van der Waals surface area contributed by atoms with E-state index in [2.05, 4.69) is 10.3 Å². The summed E-state index contributed by atoms with van der Waals surface area (Å²) in [7, 11) is 1.58. The topological polar surface area (TPSA) is 59.6 Å². The lowest BCUT2D eigenvalue weighted by Gasteiger charge is -2.24. The van der Waals surface area contributed by atoms with Crippen molar-refractivity contribution in [3.05, 3.63) is 59.7 Å². The van der Waals surface area contributed by atoms with Gasteiger partial charge in [-0.1, -0.05) is 32.0 Å². The molecule has 0 aromatic heterocycles. The zero-order valence-corrected chi connectivity index (χ0v) is 14.9. The van der Waals surface area contributed by atoms with Crippen LogP contribution < -0.4 is 15.8 Å². The molecule has 3 N–H and O–H groups in total. The molecular weight excluding hydrogens is 343 g/mol. The van der Waals surface area contributed by atoms with Crippen LogP contribution >= 0.6 is 0 Å². The number of nitrogens with two attached hydrogens (primary N) is 1. The Hall–Kier alpha value is -2.70. The number of benzene rings is 2. The summed E-state index contributed by atoms with van der Waals surface area (Å²) < 4.78 is 43.8. The third-order valence-electron chi connectivity index (χ3n) is 3.98. The van der Waals surface area contributed by atoms with E-state index in [0.717, 1.165) is 23.6 Å². The van der Waals surface area contributed by atoms with Gasteiger partial charge in [-0.3, -0.25) is 4.99 Å². The summed E-state index contributed by atoms with van der Waals surface area (Å²) in [5.74, 6) is 0.909. The number of hydrogen-bond acceptors (Lipinski definition) is 2. The van der Waals surface area contributed by atoms with Gasteiger partial charge in [-0.25, -0.2) is 0 Å². The molecule has 0 fully saturated rings. The summed E-state index contributed by atoms with van der Waals surface area (Å²) in [4.78, 5) is 4.27. The van der Waals surface area contributed by atoms with Crippen molar-refractivity contribution < 1.29 is 17.9 Å². The Morgan fingerprint density at radius 3 is 2.27 bits per heavy atom. The molecule has 26 heavy (non-hydrogen) atoms. The highest BCUT2D eigenvalue weighted by molar-refractivity contribution is 5.92. The highest BCUT2D eigenvalue weighted by atomic mass is 19.4. The lowest BCUT2D eigenvalue weighted by Crippen LogP contribution is -2.28. The highest BCUT2D eigenvalue weighted by Crippen LogP contribution is 2.32. The van der Waals surface area contributed by atoms with Gasteiger partial charge in [0, 0.05) is 11.1 Å². The molecule has 0 bridgehead atoms. The third-order valence-corrected chi connectivity index (χ3v) is 3.98. The first-order valence-corrected chi connectivity index (χ1v) is 8.00. The van der Waals surface area contributed by atoms with Crippen molar-refractivity contribution in [3.63, 3.8) is 0 Å². The van der Waals surface area contributed by atoms with E-state index in [4.69, 9.17) is 10.5 Å². The SMILES string of the molecule is COc1ccc(NC(N)=NCC(C)(C)c2cccc(C(F)(F)F)c2)cc1. The molecule has 140 valence electrons. The van der Waals surface area contributed by atoms with Crippen LogP contribution in [0.5, 0.6) is 5.75 Å². The number of rotatable bonds is 5. The van der Waals surface area contributed by atoms with Crippen LogP contribution in [0.25, 0.3) is 0 Å². The summed E-state index contributed by atoms with van der Waals surface area (Å²) >= 11 is 0. The molecule has 0 saturated heterocycles. The molecule has 0 unspecified atom stereocenters. The average molecular weight is 365 g/mol. The Labute approximate surface area is 150 Å². The van der Waals surface area contributed by atoms with Crippen LogP contribution in [-0.4, -0.2) is 19.6 Å². The van der Waals surface area contributed by atoms with Gasteiger partial charge in [0.1, 0.15) is 5.75 Å². The van der Waals surface area contributed by atoms with Crippen LogP contribution in [0, 0.1) is 0 Å². The molecule has 0 aliphatic rings. The van der Waals surface area contributed by atoms with E-state index in [-0.39, 0.29) is 12.5 Å². The van der Waals surface area contributed by atoms with Crippen LogP contribution in [0.1, 0.15) is 25.0 Å². The van der Waals surface area contributed by atoms with Gasteiger partial charge in [0.2, 0.25) is 0 Å². The smallest absolute Gasteiger partial charge is 0.416 e. The van der Waals surface area contributed by atoms with Gasteiger partial charge < -0.3 is 15.8 Å². The number of ether oxygens (including phenoxy) is 1. The second kappa shape index (κ2) is 7.68. The lowest BCUT2D eigenvalue weighted by molar-refractivity contribution is -0.137. The van der Waals surface area contributed by atoms with Crippen LogP contribution in [0.2, 0.25) is 0 Å². The minimum absolute atomic E-state index is 0.190. The van der Waals surface area contributed by atoms with Crippen molar-refractivity contribution >= 4 is 11.6 Å². The maximum Gasteiger partial charge on any atom is 0.416 e. The molecule has 0 atom stereocenters. The molecule has 0 saturated carbocycles. The first-order valence-electron chi connectivity index (χ1n) is 8.00. The Kier molecular flexibility index (Phi) is 5.79. The maximum atomic E-state index is 12.9. The first kappa shape index (κ1) is 19.6.